The van der Waals surface area contributed by atoms with E-state index in [4.69, 9.17) is 14.2 Å². The number of rotatable bonds is 6. The summed E-state index contributed by atoms with van der Waals surface area (Å²) in [6.45, 7) is 8.14. The number of carbonyl (C=O) groups is 3. The lowest BCUT2D eigenvalue weighted by Gasteiger charge is -2.23. The number of esters is 1. The van der Waals surface area contributed by atoms with E-state index in [1.807, 2.05) is 20.8 Å². The molecule has 1 aromatic rings. The Kier molecular flexibility index (Phi) is 6.82. The van der Waals surface area contributed by atoms with E-state index in [1.165, 1.54) is 6.92 Å². The number of ketones is 1. The predicted molar refractivity (Wildman–Crippen MR) is 99.1 cm³/mol. The van der Waals surface area contributed by atoms with Crippen LogP contribution in [0.4, 0.5) is 0 Å². The Morgan fingerprint density at radius 1 is 1.11 bits per heavy atom. The monoisotopic (exact) mass is 377 g/mol. The van der Waals surface area contributed by atoms with E-state index in [1.54, 1.807) is 18.2 Å². The number of ether oxygens (including phenoxy) is 3. The molecular weight excluding hydrogens is 350 g/mol. The number of Topliss-reactive ketones (excluding diaryl/α,β-unsaturated/α-hetero) is 1. The zero-order valence-corrected chi connectivity index (χ0v) is 16.3. The molecule has 1 amide bonds. The Labute approximate surface area is 159 Å². The second-order valence-corrected chi connectivity index (χ2v) is 7.51. The molecule has 1 aliphatic heterocycles. The first kappa shape index (κ1) is 20.7. The maximum absolute atomic E-state index is 12.3. The van der Waals surface area contributed by atoms with Crippen LogP contribution in [0.15, 0.2) is 18.2 Å². The largest absolute Gasteiger partial charge is 0.490 e. The average molecular weight is 377 g/mol. The van der Waals surface area contributed by atoms with Crippen molar-refractivity contribution in [2.45, 2.75) is 58.6 Å². The second kappa shape index (κ2) is 8.88. The van der Waals surface area contributed by atoms with E-state index in [9.17, 15) is 14.4 Å². The van der Waals surface area contributed by atoms with E-state index < -0.39 is 17.6 Å². The number of amides is 1. The molecule has 1 heterocycles. The van der Waals surface area contributed by atoms with Crippen LogP contribution >= 0.6 is 0 Å². The number of carbonyl (C=O) groups excluding carboxylic acids is 3. The first-order chi connectivity index (χ1) is 12.7. The predicted octanol–water partition coefficient (Wildman–Crippen LogP) is 2.66. The normalized spacial score (nSPS) is 14.7. The smallest absolute Gasteiger partial charge is 0.307 e. The van der Waals surface area contributed by atoms with Crippen molar-refractivity contribution in [1.82, 2.24) is 5.32 Å². The lowest BCUT2D eigenvalue weighted by atomic mass is 10.1. The van der Waals surface area contributed by atoms with Crippen LogP contribution in [0.1, 0.15) is 57.3 Å². The van der Waals surface area contributed by atoms with E-state index in [2.05, 4.69) is 5.32 Å². The van der Waals surface area contributed by atoms with Gasteiger partial charge in [0.25, 0.3) is 5.91 Å². The Morgan fingerprint density at radius 3 is 2.44 bits per heavy atom. The molecule has 0 spiro atoms. The van der Waals surface area contributed by atoms with Crippen LogP contribution in [0.5, 0.6) is 11.5 Å². The average Bonchev–Trinajstić information content (AvgIpc) is 2.82. The van der Waals surface area contributed by atoms with Crippen LogP contribution in [0, 0.1) is 0 Å². The molecule has 1 aliphatic rings. The summed E-state index contributed by atoms with van der Waals surface area (Å²) in [6, 6.07) is 4.99. The lowest BCUT2D eigenvalue weighted by Crippen LogP contribution is -2.46. The number of hydrogen-bond donors (Lipinski definition) is 1. The Hall–Kier alpha value is -2.57. The van der Waals surface area contributed by atoms with Crippen LogP contribution in [0.3, 0.4) is 0 Å². The van der Waals surface area contributed by atoms with Gasteiger partial charge < -0.3 is 19.5 Å². The van der Waals surface area contributed by atoms with Gasteiger partial charge in [-0.2, -0.15) is 0 Å². The fourth-order valence-corrected chi connectivity index (χ4v) is 2.48. The summed E-state index contributed by atoms with van der Waals surface area (Å²) in [7, 11) is 0. The highest BCUT2D eigenvalue weighted by Gasteiger charge is 2.23. The van der Waals surface area contributed by atoms with Crippen molar-refractivity contribution >= 4 is 17.7 Å². The van der Waals surface area contributed by atoms with Crippen LogP contribution in [-0.4, -0.2) is 42.5 Å². The SMILES string of the molecule is C[C@@H](OC(=O)CCC(=O)c1ccc2c(c1)OCCCO2)C(=O)NC(C)(C)C. The Balaban J connectivity index is 1.85. The fraction of sp³-hybridized carbons (Fsp3) is 0.550. The first-order valence-electron chi connectivity index (χ1n) is 9.10. The lowest BCUT2D eigenvalue weighted by molar-refractivity contribution is -0.155. The van der Waals surface area contributed by atoms with Crippen molar-refractivity contribution in [3.8, 4) is 11.5 Å². The molecule has 1 aromatic carbocycles. The third kappa shape index (κ3) is 6.58. The van der Waals surface area contributed by atoms with Crippen molar-refractivity contribution in [3.05, 3.63) is 23.8 Å². The van der Waals surface area contributed by atoms with Gasteiger partial charge in [0.05, 0.1) is 19.6 Å². The van der Waals surface area contributed by atoms with E-state index in [0.717, 1.165) is 6.42 Å². The molecule has 0 radical (unpaired) electrons. The minimum atomic E-state index is -0.912. The van der Waals surface area contributed by atoms with Gasteiger partial charge in [0.1, 0.15) is 0 Å². The quantitative estimate of drug-likeness (QED) is 0.605. The van der Waals surface area contributed by atoms with Gasteiger partial charge in [0.2, 0.25) is 0 Å². The second-order valence-electron chi connectivity index (χ2n) is 7.51. The number of nitrogens with one attached hydrogen (secondary N) is 1. The molecule has 0 saturated carbocycles. The molecule has 1 N–H and O–H groups in total. The third-order valence-electron chi connectivity index (χ3n) is 3.80. The molecule has 0 fully saturated rings. The van der Waals surface area contributed by atoms with Crippen LogP contribution in [-0.2, 0) is 14.3 Å². The molecule has 148 valence electrons. The van der Waals surface area contributed by atoms with Gasteiger partial charge in [0, 0.05) is 23.9 Å². The maximum atomic E-state index is 12.3. The summed E-state index contributed by atoms with van der Waals surface area (Å²) >= 11 is 0. The fourth-order valence-electron chi connectivity index (χ4n) is 2.48. The van der Waals surface area contributed by atoms with Gasteiger partial charge in [-0.3, -0.25) is 14.4 Å². The van der Waals surface area contributed by atoms with Gasteiger partial charge in [-0.15, -0.1) is 0 Å². The summed E-state index contributed by atoms with van der Waals surface area (Å²) in [4.78, 5) is 36.2. The molecule has 7 nitrogen and oxygen atoms in total. The number of fused-ring (bicyclic) bond motifs is 1. The first-order valence-corrected chi connectivity index (χ1v) is 9.10. The van der Waals surface area contributed by atoms with Crippen LogP contribution in [0.2, 0.25) is 0 Å². The van der Waals surface area contributed by atoms with Gasteiger partial charge >= 0.3 is 5.97 Å². The molecule has 27 heavy (non-hydrogen) atoms. The molecule has 0 bridgehead atoms. The summed E-state index contributed by atoms with van der Waals surface area (Å²) in [5.74, 6) is -0.00994. The standard InChI is InChI=1S/C20H27NO6/c1-13(19(24)21-20(2,3)4)27-18(23)9-7-15(22)14-6-8-16-17(12-14)26-11-5-10-25-16/h6,8,12-13H,5,7,9-11H2,1-4H3,(H,21,24)/t13-/m1/s1. The summed E-state index contributed by atoms with van der Waals surface area (Å²) in [6.07, 6.45) is -0.234. The minimum absolute atomic E-state index is 0.00785. The molecule has 0 saturated heterocycles. The molecule has 0 aromatic heterocycles. The molecule has 2 rings (SSSR count). The van der Waals surface area contributed by atoms with E-state index in [0.29, 0.717) is 30.3 Å². The van der Waals surface area contributed by atoms with Gasteiger partial charge in [-0.25, -0.2) is 0 Å². The van der Waals surface area contributed by atoms with Gasteiger partial charge in [-0.05, 0) is 45.9 Å². The van der Waals surface area contributed by atoms with Crippen molar-refractivity contribution in [2.75, 3.05) is 13.2 Å². The Bertz CT molecular complexity index is 707. The van der Waals surface area contributed by atoms with E-state index in [-0.39, 0.29) is 24.5 Å². The summed E-state index contributed by atoms with van der Waals surface area (Å²) in [5.41, 5.74) is 0.0377. The zero-order chi connectivity index (χ0) is 20.0. The third-order valence-corrected chi connectivity index (χ3v) is 3.80. The minimum Gasteiger partial charge on any atom is -0.490 e. The Morgan fingerprint density at radius 2 is 1.78 bits per heavy atom. The number of hydrogen-bond acceptors (Lipinski definition) is 6. The van der Waals surface area contributed by atoms with Crippen molar-refractivity contribution in [3.63, 3.8) is 0 Å². The molecule has 0 unspecified atom stereocenters. The summed E-state index contributed by atoms with van der Waals surface area (Å²) < 4.78 is 16.2. The molecular formula is C20H27NO6. The highest BCUT2D eigenvalue weighted by Crippen LogP contribution is 2.30. The number of benzene rings is 1. The van der Waals surface area contributed by atoms with Crippen molar-refractivity contribution < 1.29 is 28.6 Å². The topological polar surface area (TPSA) is 90.9 Å². The molecule has 7 heteroatoms. The highest BCUT2D eigenvalue weighted by atomic mass is 16.5. The molecule has 1 atom stereocenters. The van der Waals surface area contributed by atoms with Crippen LogP contribution < -0.4 is 14.8 Å². The molecule has 0 aliphatic carbocycles. The van der Waals surface area contributed by atoms with Crippen molar-refractivity contribution in [2.24, 2.45) is 0 Å². The zero-order valence-electron chi connectivity index (χ0n) is 16.3. The van der Waals surface area contributed by atoms with Crippen LogP contribution in [0.25, 0.3) is 0 Å². The maximum Gasteiger partial charge on any atom is 0.307 e. The highest BCUT2D eigenvalue weighted by molar-refractivity contribution is 5.98. The summed E-state index contributed by atoms with van der Waals surface area (Å²) in [5, 5.41) is 2.74. The van der Waals surface area contributed by atoms with Crippen molar-refractivity contribution in [1.29, 1.82) is 0 Å². The van der Waals surface area contributed by atoms with E-state index >= 15 is 0 Å². The van der Waals surface area contributed by atoms with Gasteiger partial charge in [-0.1, -0.05) is 0 Å². The van der Waals surface area contributed by atoms with Gasteiger partial charge in [0.15, 0.2) is 23.4 Å².